The van der Waals surface area contributed by atoms with Gasteiger partial charge >= 0.3 is 0 Å². The van der Waals surface area contributed by atoms with Gasteiger partial charge in [0.1, 0.15) is 18.3 Å². The minimum Gasteiger partial charge on any atom is -0.352 e. The van der Waals surface area contributed by atoms with Gasteiger partial charge in [0.15, 0.2) is 5.65 Å². The molecule has 2 aliphatic rings. The molecule has 0 unspecified atom stereocenters. The fourth-order valence-electron chi connectivity index (χ4n) is 4.43. The number of amides is 1. The number of carbonyl (C=O) groups excluding carboxylic acids is 1. The Bertz CT molecular complexity index is 859. The Labute approximate surface area is 158 Å². The number of aryl methyl sites for hydroxylation is 1. The number of piperidine rings is 1. The number of rotatable bonds is 5. The summed E-state index contributed by atoms with van der Waals surface area (Å²) < 4.78 is 2.91. The van der Waals surface area contributed by atoms with Crippen molar-refractivity contribution in [2.45, 2.75) is 51.1 Å². The maximum absolute atomic E-state index is 12.5. The van der Waals surface area contributed by atoms with E-state index in [4.69, 9.17) is 0 Å². The van der Waals surface area contributed by atoms with E-state index in [1.54, 1.807) is 11.7 Å². The summed E-state index contributed by atoms with van der Waals surface area (Å²) in [5.74, 6) is 0.745. The van der Waals surface area contributed by atoms with Crippen LogP contribution in [0.15, 0.2) is 17.3 Å². The molecule has 0 aromatic carbocycles. The quantitative estimate of drug-likeness (QED) is 0.843. The fraction of sp³-hybridized carbons (Fsp3) is 0.684. The van der Waals surface area contributed by atoms with Crippen molar-refractivity contribution in [1.82, 2.24) is 29.5 Å². The van der Waals surface area contributed by atoms with Gasteiger partial charge in [-0.25, -0.2) is 4.98 Å². The maximum Gasteiger partial charge on any atom is 0.264 e. The van der Waals surface area contributed by atoms with Crippen LogP contribution in [0.4, 0.5) is 0 Å². The van der Waals surface area contributed by atoms with E-state index in [0.717, 1.165) is 31.8 Å². The second-order valence-electron chi connectivity index (χ2n) is 7.98. The third-order valence-corrected chi connectivity index (χ3v) is 5.98. The molecule has 2 aromatic heterocycles. The molecule has 0 atom stereocenters. The molecule has 1 aliphatic carbocycles. The van der Waals surface area contributed by atoms with E-state index in [0.29, 0.717) is 11.0 Å². The first-order valence-corrected chi connectivity index (χ1v) is 9.99. The molecule has 0 spiro atoms. The number of likely N-dealkylation sites (tertiary alicyclic amines) is 1. The van der Waals surface area contributed by atoms with Crippen LogP contribution in [0.25, 0.3) is 11.0 Å². The highest BCUT2D eigenvalue weighted by Crippen LogP contribution is 2.26. The average Bonchev–Trinajstić information content (AvgIpc) is 3.29. The lowest BCUT2D eigenvalue weighted by Crippen LogP contribution is -2.46. The lowest BCUT2D eigenvalue weighted by molar-refractivity contribution is -0.122. The lowest BCUT2D eigenvalue weighted by atomic mass is 10.0. The molecule has 0 bridgehead atoms. The van der Waals surface area contributed by atoms with Crippen LogP contribution >= 0.6 is 0 Å². The van der Waals surface area contributed by atoms with Crippen molar-refractivity contribution in [3.63, 3.8) is 0 Å². The summed E-state index contributed by atoms with van der Waals surface area (Å²) in [6, 6.07) is 0.197. The van der Waals surface area contributed by atoms with Gasteiger partial charge in [0, 0.05) is 32.7 Å². The largest absolute Gasteiger partial charge is 0.352 e. The number of nitrogens with zero attached hydrogens (tertiary/aromatic N) is 5. The van der Waals surface area contributed by atoms with Gasteiger partial charge in [-0.05, 0) is 31.6 Å². The SMILES string of the molecule is Cn1ncc2c(=O)n(CC(=O)NC3CCN(CC4CCCC4)CC3)cnc21. The Balaban J connectivity index is 1.29. The molecule has 146 valence electrons. The number of aromatic nitrogens is 4. The molecule has 4 rings (SSSR count). The molecule has 1 saturated carbocycles. The predicted molar refractivity (Wildman–Crippen MR) is 102 cm³/mol. The van der Waals surface area contributed by atoms with Gasteiger partial charge in [0.25, 0.3) is 5.56 Å². The maximum atomic E-state index is 12.5. The van der Waals surface area contributed by atoms with E-state index in [1.165, 1.54) is 49.3 Å². The minimum atomic E-state index is -0.227. The molecule has 2 fully saturated rings. The van der Waals surface area contributed by atoms with Crippen molar-refractivity contribution in [2.24, 2.45) is 13.0 Å². The van der Waals surface area contributed by atoms with Crippen LogP contribution in [0.3, 0.4) is 0 Å². The average molecular weight is 372 g/mol. The molecule has 1 amide bonds. The summed E-state index contributed by atoms with van der Waals surface area (Å²) >= 11 is 0. The molecular weight excluding hydrogens is 344 g/mol. The van der Waals surface area contributed by atoms with Crippen LogP contribution in [0.2, 0.25) is 0 Å². The Morgan fingerprint density at radius 1 is 1.22 bits per heavy atom. The van der Waals surface area contributed by atoms with E-state index in [1.807, 2.05) is 0 Å². The van der Waals surface area contributed by atoms with Gasteiger partial charge < -0.3 is 10.2 Å². The highest BCUT2D eigenvalue weighted by Gasteiger charge is 2.24. The van der Waals surface area contributed by atoms with Crippen LogP contribution in [0, 0.1) is 5.92 Å². The number of nitrogens with one attached hydrogen (secondary N) is 1. The topological polar surface area (TPSA) is 85.0 Å². The molecule has 1 saturated heterocycles. The summed E-state index contributed by atoms with van der Waals surface area (Å²) in [5.41, 5.74) is 0.306. The van der Waals surface area contributed by atoms with Crippen molar-refractivity contribution in [2.75, 3.05) is 19.6 Å². The van der Waals surface area contributed by atoms with Crippen LogP contribution in [-0.2, 0) is 18.4 Å². The fourth-order valence-corrected chi connectivity index (χ4v) is 4.43. The Hall–Kier alpha value is -2.22. The Morgan fingerprint density at radius 3 is 2.70 bits per heavy atom. The van der Waals surface area contributed by atoms with Crippen molar-refractivity contribution in [3.05, 3.63) is 22.9 Å². The third-order valence-electron chi connectivity index (χ3n) is 5.98. The first-order valence-electron chi connectivity index (χ1n) is 9.99. The third kappa shape index (κ3) is 4.05. The van der Waals surface area contributed by atoms with E-state index in [2.05, 4.69) is 20.3 Å². The zero-order valence-electron chi connectivity index (χ0n) is 15.9. The highest BCUT2D eigenvalue weighted by atomic mass is 16.2. The monoisotopic (exact) mass is 372 g/mol. The first-order chi connectivity index (χ1) is 13.1. The first kappa shape index (κ1) is 18.2. The molecule has 1 aliphatic heterocycles. The van der Waals surface area contributed by atoms with Crippen molar-refractivity contribution in [1.29, 1.82) is 0 Å². The Kier molecular flexibility index (Phi) is 5.24. The van der Waals surface area contributed by atoms with E-state index >= 15 is 0 Å². The minimum absolute atomic E-state index is 0.00104. The molecule has 27 heavy (non-hydrogen) atoms. The zero-order chi connectivity index (χ0) is 18.8. The predicted octanol–water partition coefficient (Wildman–Crippen LogP) is 0.901. The van der Waals surface area contributed by atoms with Crippen molar-refractivity contribution >= 4 is 16.9 Å². The molecule has 0 radical (unpaired) electrons. The van der Waals surface area contributed by atoms with Gasteiger partial charge in [-0.3, -0.25) is 18.8 Å². The zero-order valence-corrected chi connectivity index (χ0v) is 15.9. The molecular formula is C19H28N6O2. The number of carbonyl (C=O) groups is 1. The second kappa shape index (κ2) is 7.80. The molecule has 8 heteroatoms. The molecule has 1 N–H and O–H groups in total. The van der Waals surface area contributed by atoms with Gasteiger partial charge in [0.05, 0.1) is 6.20 Å². The summed E-state index contributed by atoms with van der Waals surface area (Å²) in [4.78, 5) is 31.6. The van der Waals surface area contributed by atoms with Gasteiger partial charge in [-0.15, -0.1) is 0 Å². The number of hydrogen-bond acceptors (Lipinski definition) is 5. The highest BCUT2D eigenvalue weighted by molar-refractivity contribution is 5.77. The van der Waals surface area contributed by atoms with Crippen LogP contribution in [0.1, 0.15) is 38.5 Å². The van der Waals surface area contributed by atoms with Gasteiger partial charge in [-0.2, -0.15) is 5.10 Å². The van der Waals surface area contributed by atoms with Crippen LogP contribution in [-0.4, -0.2) is 55.8 Å². The normalized spacial score (nSPS) is 19.7. The number of hydrogen-bond donors (Lipinski definition) is 1. The van der Waals surface area contributed by atoms with E-state index in [-0.39, 0.29) is 24.1 Å². The summed E-state index contributed by atoms with van der Waals surface area (Å²) in [7, 11) is 1.74. The molecule has 2 aromatic rings. The lowest BCUT2D eigenvalue weighted by Gasteiger charge is -2.33. The summed E-state index contributed by atoms with van der Waals surface area (Å²) in [5, 5.41) is 7.58. The van der Waals surface area contributed by atoms with Crippen LogP contribution < -0.4 is 10.9 Å². The van der Waals surface area contributed by atoms with Gasteiger partial charge in [-0.1, -0.05) is 12.8 Å². The van der Waals surface area contributed by atoms with E-state index < -0.39 is 0 Å². The van der Waals surface area contributed by atoms with Crippen molar-refractivity contribution < 1.29 is 4.79 Å². The Morgan fingerprint density at radius 2 is 1.96 bits per heavy atom. The second-order valence-corrected chi connectivity index (χ2v) is 7.98. The van der Waals surface area contributed by atoms with Crippen molar-refractivity contribution in [3.8, 4) is 0 Å². The summed E-state index contributed by atoms with van der Waals surface area (Å²) in [6.07, 6.45) is 10.4. The van der Waals surface area contributed by atoms with Crippen LogP contribution in [0.5, 0.6) is 0 Å². The molecule has 3 heterocycles. The standard InChI is InChI=1S/C19H28N6O2/c1-23-18-16(10-21-23)19(27)25(13-20-18)12-17(26)22-15-6-8-24(9-7-15)11-14-4-2-3-5-14/h10,13-15H,2-9,11-12H2,1H3,(H,22,26). The number of fused-ring (bicyclic) bond motifs is 1. The molecule has 8 nitrogen and oxygen atoms in total. The summed E-state index contributed by atoms with van der Waals surface area (Å²) in [6.45, 7) is 3.31. The van der Waals surface area contributed by atoms with Gasteiger partial charge in [0.2, 0.25) is 5.91 Å². The van der Waals surface area contributed by atoms with E-state index in [9.17, 15) is 9.59 Å². The smallest absolute Gasteiger partial charge is 0.264 e.